The minimum Gasteiger partial charge on any atom is -0.375 e. The Balaban J connectivity index is 1.91. The van der Waals surface area contributed by atoms with E-state index in [9.17, 15) is 4.79 Å². The minimum absolute atomic E-state index is 0.325. The molecule has 2 nitrogen and oxygen atoms in total. The van der Waals surface area contributed by atoms with E-state index in [1.165, 1.54) is 12.8 Å². The van der Waals surface area contributed by atoms with Gasteiger partial charge in [0.25, 0.3) is 0 Å². The Hall–Kier alpha value is -0.370. The molecule has 2 heterocycles. The van der Waals surface area contributed by atoms with Crippen molar-refractivity contribution in [2.24, 2.45) is 5.92 Å². The van der Waals surface area contributed by atoms with Crippen molar-refractivity contribution in [3.63, 3.8) is 0 Å². The van der Waals surface area contributed by atoms with E-state index in [0.717, 1.165) is 25.7 Å². The number of fused-ring (bicyclic) bond motifs is 2. The first kappa shape index (κ1) is 9.20. The first-order valence-electron chi connectivity index (χ1n) is 5.47. The molecule has 0 aliphatic carbocycles. The summed E-state index contributed by atoms with van der Waals surface area (Å²) in [5.74, 6) is 0.800. The van der Waals surface area contributed by atoms with Crippen molar-refractivity contribution < 1.29 is 9.53 Å². The van der Waals surface area contributed by atoms with Crippen LogP contribution in [0.1, 0.15) is 45.4 Å². The molecule has 2 atom stereocenters. The first-order chi connectivity index (χ1) is 6.29. The zero-order valence-corrected chi connectivity index (χ0v) is 8.29. The summed E-state index contributed by atoms with van der Waals surface area (Å²) in [5.41, 5.74) is 0. The largest absolute Gasteiger partial charge is 0.375 e. The summed E-state index contributed by atoms with van der Waals surface area (Å²) < 4.78 is 5.70. The maximum Gasteiger partial charge on any atom is 0.136 e. The fourth-order valence-electron chi connectivity index (χ4n) is 2.57. The van der Waals surface area contributed by atoms with Crippen LogP contribution in [0.25, 0.3) is 0 Å². The van der Waals surface area contributed by atoms with Crippen LogP contribution < -0.4 is 0 Å². The fourth-order valence-corrected chi connectivity index (χ4v) is 2.57. The molecule has 0 spiro atoms. The third-order valence-electron chi connectivity index (χ3n) is 3.24. The topological polar surface area (TPSA) is 26.3 Å². The Morgan fingerprint density at radius 1 is 1.31 bits per heavy atom. The highest BCUT2D eigenvalue weighted by Crippen LogP contribution is 2.36. The van der Waals surface area contributed by atoms with Gasteiger partial charge in [-0.3, -0.25) is 4.79 Å². The molecular weight excluding hydrogens is 164 g/mol. The van der Waals surface area contributed by atoms with Crippen LogP contribution in [0.3, 0.4) is 0 Å². The number of carbonyl (C=O) groups excluding carboxylic acids is 1. The molecule has 2 bridgehead atoms. The van der Waals surface area contributed by atoms with Crippen molar-refractivity contribution in [3.05, 3.63) is 0 Å². The molecular formula is C11H18O2. The van der Waals surface area contributed by atoms with Gasteiger partial charge in [-0.15, -0.1) is 0 Å². The molecule has 2 fully saturated rings. The highest BCUT2D eigenvalue weighted by atomic mass is 16.5. The molecule has 2 rings (SSSR count). The Morgan fingerprint density at radius 2 is 1.92 bits per heavy atom. The number of ketones is 1. The molecule has 0 aromatic rings. The Morgan fingerprint density at radius 3 is 2.46 bits per heavy atom. The van der Waals surface area contributed by atoms with Crippen LogP contribution in [0.2, 0.25) is 0 Å². The van der Waals surface area contributed by atoms with Gasteiger partial charge < -0.3 is 4.74 Å². The molecule has 0 aromatic heterocycles. The summed E-state index contributed by atoms with van der Waals surface area (Å²) in [7, 11) is 0. The lowest BCUT2D eigenvalue weighted by atomic mass is 9.89. The summed E-state index contributed by atoms with van der Waals surface area (Å²) >= 11 is 0. The first-order valence-corrected chi connectivity index (χ1v) is 5.47. The monoisotopic (exact) mass is 182 g/mol. The lowest BCUT2D eigenvalue weighted by molar-refractivity contribution is -0.128. The van der Waals surface area contributed by atoms with Crippen molar-refractivity contribution in [2.45, 2.75) is 57.7 Å². The van der Waals surface area contributed by atoms with Crippen LogP contribution >= 0.6 is 0 Å². The predicted molar refractivity (Wildman–Crippen MR) is 50.5 cm³/mol. The quantitative estimate of drug-likeness (QED) is 0.669. The van der Waals surface area contributed by atoms with Gasteiger partial charge in [-0.25, -0.2) is 0 Å². The average Bonchev–Trinajstić information content (AvgIpc) is 2.46. The Kier molecular flexibility index (Phi) is 2.68. The van der Waals surface area contributed by atoms with Crippen LogP contribution in [0, 0.1) is 5.92 Å². The third-order valence-corrected chi connectivity index (χ3v) is 3.24. The fraction of sp³-hybridized carbons (Fsp3) is 0.909. The molecule has 0 saturated carbocycles. The van der Waals surface area contributed by atoms with Gasteiger partial charge in [0.1, 0.15) is 5.78 Å². The summed E-state index contributed by atoms with van der Waals surface area (Å²) in [4.78, 5) is 11.7. The highest BCUT2D eigenvalue weighted by Gasteiger charge is 2.37. The van der Waals surface area contributed by atoms with Gasteiger partial charge in [0, 0.05) is 12.3 Å². The zero-order valence-electron chi connectivity index (χ0n) is 8.29. The van der Waals surface area contributed by atoms with Crippen molar-refractivity contribution >= 4 is 5.78 Å². The standard InChI is InChI=1S/C11H18O2/c1-2-3-11(12)8-6-9-4-5-10(7-8)13-9/h8-10H,2-7H2,1H3. The van der Waals surface area contributed by atoms with E-state index >= 15 is 0 Å². The zero-order chi connectivity index (χ0) is 9.26. The van der Waals surface area contributed by atoms with E-state index in [1.807, 2.05) is 0 Å². The molecule has 2 aliphatic rings. The second kappa shape index (κ2) is 3.79. The van der Waals surface area contributed by atoms with Gasteiger partial charge in [-0.2, -0.15) is 0 Å². The maximum absolute atomic E-state index is 11.7. The van der Waals surface area contributed by atoms with Gasteiger partial charge in [-0.1, -0.05) is 6.92 Å². The molecule has 0 amide bonds. The van der Waals surface area contributed by atoms with Gasteiger partial charge in [0.2, 0.25) is 0 Å². The van der Waals surface area contributed by atoms with Gasteiger partial charge in [-0.05, 0) is 32.1 Å². The van der Waals surface area contributed by atoms with Crippen molar-refractivity contribution in [2.75, 3.05) is 0 Å². The highest BCUT2D eigenvalue weighted by molar-refractivity contribution is 5.81. The minimum atomic E-state index is 0.325. The SMILES string of the molecule is CCCC(=O)C1CC2CCC(C1)O2. The molecule has 0 aromatic carbocycles. The Labute approximate surface area is 79.7 Å². The maximum atomic E-state index is 11.7. The molecule has 0 radical (unpaired) electrons. The Bertz CT molecular complexity index is 188. The van der Waals surface area contributed by atoms with Crippen LogP contribution in [-0.4, -0.2) is 18.0 Å². The summed E-state index contributed by atoms with van der Waals surface area (Å²) in [6.45, 7) is 2.08. The summed E-state index contributed by atoms with van der Waals surface area (Å²) in [6, 6.07) is 0. The molecule has 0 N–H and O–H groups in total. The number of hydrogen-bond donors (Lipinski definition) is 0. The lowest BCUT2D eigenvalue weighted by Gasteiger charge is -2.27. The van der Waals surface area contributed by atoms with E-state index in [-0.39, 0.29) is 0 Å². The number of ether oxygens (including phenoxy) is 1. The van der Waals surface area contributed by atoms with Crippen LogP contribution in [-0.2, 0) is 9.53 Å². The van der Waals surface area contributed by atoms with Crippen LogP contribution in [0.4, 0.5) is 0 Å². The van der Waals surface area contributed by atoms with E-state index in [1.54, 1.807) is 0 Å². The normalized spacial score (nSPS) is 37.8. The molecule has 2 aliphatic heterocycles. The molecule has 2 saturated heterocycles. The van der Waals surface area contributed by atoms with E-state index in [2.05, 4.69) is 6.92 Å². The number of Topliss-reactive ketones (excluding diaryl/α,β-unsaturated/α-hetero) is 1. The van der Waals surface area contributed by atoms with E-state index in [0.29, 0.717) is 23.9 Å². The number of rotatable bonds is 3. The van der Waals surface area contributed by atoms with Crippen LogP contribution in [0.15, 0.2) is 0 Å². The second-order valence-corrected chi connectivity index (χ2v) is 4.34. The van der Waals surface area contributed by atoms with Crippen LogP contribution in [0.5, 0.6) is 0 Å². The van der Waals surface area contributed by atoms with E-state index < -0.39 is 0 Å². The molecule has 2 heteroatoms. The molecule has 13 heavy (non-hydrogen) atoms. The summed E-state index contributed by atoms with van der Waals surface area (Å²) in [6.07, 6.45) is 6.93. The lowest BCUT2D eigenvalue weighted by Crippen LogP contribution is -2.29. The van der Waals surface area contributed by atoms with Crippen molar-refractivity contribution in [3.8, 4) is 0 Å². The average molecular weight is 182 g/mol. The van der Waals surface area contributed by atoms with Crippen molar-refractivity contribution in [1.29, 1.82) is 0 Å². The predicted octanol–water partition coefficient (Wildman–Crippen LogP) is 2.31. The summed E-state index contributed by atoms with van der Waals surface area (Å²) in [5, 5.41) is 0. The van der Waals surface area contributed by atoms with Gasteiger partial charge >= 0.3 is 0 Å². The van der Waals surface area contributed by atoms with Gasteiger partial charge in [0.15, 0.2) is 0 Å². The number of carbonyl (C=O) groups is 1. The van der Waals surface area contributed by atoms with Crippen molar-refractivity contribution in [1.82, 2.24) is 0 Å². The smallest absolute Gasteiger partial charge is 0.136 e. The molecule has 2 unspecified atom stereocenters. The number of hydrogen-bond acceptors (Lipinski definition) is 2. The molecule has 74 valence electrons. The van der Waals surface area contributed by atoms with E-state index in [4.69, 9.17) is 4.74 Å². The van der Waals surface area contributed by atoms with Gasteiger partial charge in [0.05, 0.1) is 12.2 Å². The second-order valence-electron chi connectivity index (χ2n) is 4.34. The third kappa shape index (κ3) is 1.93.